The van der Waals surface area contributed by atoms with E-state index in [9.17, 15) is 9.59 Å². The highest BCUT2D eigenvalue weighted by Crippen LogP contribution is 2.31. The molecule has 172 valence electrons. The van der Waals surface area contributed by atoms with Crippen LogP contribution in [-0.4, -0.2) is 38.2 Å². The molecule has 0 saturated carbocycles. The monoisotopic (exact) mass is 439 g/mol. The van der Waals surface area contributed by atoms with Gasteiger partial charge in [0.15, 0.2) is 11.5 Å². The zero-order valence-electron chi connectivity index (χ0n) is 19.4. The summed E-state index contributed by atoms with van der Waals surface area (Å²) >= 11 is 0. The molecule has 0 aromatic heterocycles. The molecule has 7 nitrogen and oxygen atoms in total. The molecule has 3 amide bonds. The zero-order chi connectivity index (χ0) is 23.1. The number of aryl methyl sites for hydroxylation is 1. The highest BCUT2D eigenvalue weighted by atomic mass is 16.5. The summed E-state index contributed by atoms with van der Waals surface area (Å²) < 4.78 is 11.7. The summed E-state index contributed by atoms with van der Waals surface area (Å²) in [5.41, 5.74) is 3.21. The van der Waals surface area contributed by atoms with E-state index in [1.54, 1.807) is 11.0 Å². The van der Waals surface area contributed by atoms with E-state index in [1.807, 2.05) is 44.2 Å². The molecular formula is C25H33N3O4. The Labute approximate surface area is 190 Å². The Morgan fingerprint density at radius 2 is 1.81 bits per heavy atom. The van der Waals surface area contributed by atoms with Gasteiger partial charge < -0.3 is 20.1 Å². The van der Waals surface area contributed by atoms with Crippen LogP contribution in [0.2, 0.25) is 0 Å². The maximum absolute atomic E-state index is 12.9. The third-order valence-corrected chi connectivity index (χ3v) is 5.35. The number of nitrogens with zero attached hydrogens (tertiary/aromatic N) is 1. The van der Waals surface area contributed by atoms with Crippen LogP contribution in [-0.2, 0) is 0 Å². The lowest BCUT2D eigenvalue weighted by Gasteiger charge is -2.19. The second kappa shape index (κ2) is 10.9. The molecular weight excluding hydrogens is 406 g/mol. The van der Waals surface area contributed by atoms with Gasteiger partial charge >= 0.3 is 6.03 Å². The van der Waals surface area contributed by atoms with Crippen LogP contribution >= 0.6 is 0 Å². The number of ether oxygens (including phenoxy) is 2. The lowest BCUT2D eigenvalue weighted by Crippen LogP contribution is -2.29. The van der Waals surface area contributed by atoms with Crippen molar-refractivity contribution in [3.8, 4) is 11.5 Å². The molecule has 1 fully saturated rings. The van der Waals surface area contributed by atoms with Crippen LogP contribution in [0.5, 0.6) is 11.5 Å². The van der Waals surface area contributed by atoms with Gasteiger partial charge in [-0.2, -0.15) is 0 Å². The molecule has 3 rings (SSSR count). The number of urea groups is 1. The topological polar surface area (TPSA) is 79.9 Å². The predicted molar refractivity (Wildman–Crippen MR) is 126 cm³/mol. The first-order valence-corrected chi connectivity index (χ1v) is 11.3. The molecule has 32 heavy (non-hydrogen) atoms. The molecule has 2 aromatic carbocycles. The fourth-order valence-electron chi connectivity index (χ4n) is 3.61. The molecule has 1 aliphatic rings. The van der Waals surface area contributed by atoms with Crippen molar-refractivity contribution in [1.82, 2.24) is 10.6 Å². The van der Waals surface area contributed by atoms with E-state index >= 15 is 0 Å². The van der Waals surface area contributed by atoms with Gasteiger partial charge in [0.25, 0.3) is 5.91 Å². The number of carbonyl (C=O) groups excluding carboxylic acids is 2. The largest absolute Gasteiger partial charge is 0.490 e. The number of benzene rings is 2. The highest BCUT2D eigenvalue weighted by Gasteiger charge is 2.23. The Kier molecular flexibility index (Phi) is 7.98. The van der Waals surface area contributed by atoms with Crippen molar-refractivity contribution in [3.63, 3.8) is 0 Å². The average Bonchev–Trinajstić information content (AvgIpc) is 3.21. The number of hydrogen-bond acceptors (Lipinski definition) is 4. The maximum atomic E-state index is 12.9. The van der Waals surface area contributed by atoms with Crippen molar-refractivity contribution < 1.29 is 19.1 Å². The third-order valence-electron chi connectivity index (χ3n) is 5.35. The molecule has 0 aliphatic carbocycles. The molecule has 0 radical (unpaired) electrons. The van der Waals surface area contributed by atoms with Crippen molar-refractivity contribution in [1.29, 1.82) is 0 Å². The Balaban J connectivity index is 1.72. The van der Waals surface area contributed by atoms with Gasteiger partial charge in [-0.15, -0.1) is 0 Å². The third kappa shape index (κ3) is 5.52. The van der Waals surface area contributed by atoms with Crippen molar-refractivity contribution in [2.75, 3.05) is 31.2 Å². The summed E-state index contributed by atoms with van der Waals surface area (Å²) in [5.74, 6) is 1.25. The van der Waals surface area contributed by atoms with Gasteiger partial charge in [0.05, 0.1) is 19.3 Å². The van der Waals surface area contributed by atoms with Crippen LogP contribution in [0, 0.1) is 6.92 Å². The number of amides is 3. The number of anilines is 1. The summed E-state index contributed by atoms with van der Waals surface area (Å²) in [5, 5.41) is 5.85. The van der Waals surface area contributed by atoms with Crippen molar-refractivity contribution in [3.05, 3.63) is 53.1 Å². The molecule has 1 atom stereocenters. The first-order chi connectivity index (χ1) is 15.4. The second-order valence-electron chi connectivity index (χ2n) is 7.98. The minimum absolute atomic E-state index is 0.105. The van der Waals surface area contributed by atoms with E-state index in [2.05, 4.69) is 24.5 Å². The lowest BCUT2D eigenvalue weighted by molar-refractivity contribution is 0.0939. The molecule has 1 aliphatic heterocycles. The molecule has 7 heteroatoms. The Morgan fingerprint density at radius 3 is 2.44 bits per heavy atom. The summed E-state index contributed by atoms with van der Waals surface area (Å²) in [6, 6.07) is 10.9. The summed E-state index contributed by atoms with van der Waals surface area (Å²) in [6.45, 7) is 10.5. The smallest absolute Gasteiger partial charge is 0.322 e. The Hall–Kier alpha value is -3.22. The van der Waals surface area contributed by atoms with Crippen molar-refractivity contribution in [2.45, 2.75) is 46.6 Å². The van der Waals surface area contributed by atoms with Gasteiger partial charge in [0.2, 0.25) is 0 Å². The van der Waals surface area contributed by atoms with Crippen LogP contribution in [0.25, 0.3) is 0 Å². The number of hydrogen-bond donors (Lipinski definition) is 2. The molecule has 2 N–H and O–H groups in total. The van der Waals surface area contributed by atoms with Gasteiger partial charge in [-0.3, -0.25) is 9.69 Å². The van der Waals surface area contributed by atoms with E-state index < -0.39 is 0 Å². The van der Waals surface area contributed by atoms with E-state index in [4.69, 9.17) is 9.47 Å². The van der Waals surface area contributed by atoms with Crippen LogP contribution in [0.3, 0.4) is 0 Å². The zero-order valence-corrected chi connectivity index (χ0v) is 19.4. The molecule has 2 aromatic rings. The van der Waals surface area contributed by atoms with Crippen molar-refractivity contribution in [2.24, 2.45) is 0 Å². The SMILES string of the molecule is CCCOc1ccc(C(C)NC(=O)c2ccc(N3CCNC3=O)c(C)c2)cc1OCCC. The summed E-state index contributed by atoms with van der Waals surface area (Å²) in [7, 11) is 0. The number of nitrogens with one attached hydrogen (secondary N) is 2. The van der Waals surface area contributed by atoms with E-state index in [0.717, 1.165) is 35.4 Å². The molecule has 1 unspecified atom stereocenters. The van der Waals surface area contributed by atoms with Crippen LogP contribution in [0.4, 0.5) is 10.5 Å². The Morgan fingerprint density at radius 1 is 1.09 bits per heavy atom. The van der Waals surface area contributed by atoms with Crippen molar-refractivity contribution >= 4 is 17.6 Å². The van der Waals surface area contributed by atoms with Crippen LogP contribution in [0.1, 0.15) is 61.1 Å². The standard InChI is InChI=1S/C25H33N3O4/c1-5-13-31-22-10-8-19(16-23(22)32-14-6-2)18(4)27-24(29)20-7-9-21(17(3)15-20)28-12-11-26-25(28)30/h7-10,15-16,18H,5-6,11-14H2,1-4H3,(H,26,30)(H,27,29). The molecule has 1 heterocycles. The fourth-order valence-corrected chi connectivity index (χ4v) is 3.61. The van der Waals surface area contributed by atoms with E-state index in [0.29, 0.717) is 37.6 Å². The first kappa shape index (κ1) is 23.4. The minimum Gasteiger partial charge on any atom is -0.490 e. The maximum Gasteiger partial charge on any atom is 0.322 e. The van der Waals surface area contributed by atoms with Gasteiger partial charge in [0, 0.05) is 24.3 Å². The van der Waals surface area contributed by atoms with Gasteiger partial charge in [-0.05, 0) is 68.1 Å². The van der Waals surface area contributed by atoms with E-state index in [-0.39, 0.29) is 18.0 Å². The number of carbonyl (C=O) groups is 2. The fraction of sp³-hybridized carbons (Fsp3) is 0.440. The Bertz CT molecular complexity index is 960. The minimum atomic E-state index is -0.212. The first-order valence-electron chi connectivity index (χ1n) is 11.3. The van der Waals surface area contributed by atoms with Gasteiger partial charge in [-0.25, -0.2) is 4.79 Å². The second-order valence-corrected chi connectivity index (χ2v) is 7.98. The quantitative estimate of drug-likeness (QED) is 0.567. The molecule has 0 spiro atoms. The van der Waals surface area contributed by atoms with Crippen LogP contribution in [0.15, 0.2) is 36.4 Å². The molecule has 1 saturated heterocycles. The highest BCUT2D eigenvalue weighted by molar-refractivity contribution is 5.98. The van der Waals surface area contributed by atoms with Crippen LogP contribution < -0.4 is 25.0 Å². The number of rotatable bonds is 10. The summed E-state index contributed by atoms with van der Waals surface area (Å²) in [6.07, 6.45) is 1.82. The van der Waals surface area contributed by atoms with E-state index in [1.165, 1.54) is 0 Å². The normalized spacial score (nSPS) is 14.1. The van der Waals surface area contributed by atoms with Gasteiger partial charge in [-0.1, -0.05) is 19.9 Å². The average molecular weight is 440 g/mol. The predicted octanol–water partition coefficient (Wildman–Crippen LogP) is 4.59. The lowest BCUT2D eigenvalue weighted by atomic mass is 10.1. The van der Waals surface area contributed by atoms with Gasteiger partial charge in [0.1, 0.15) is 0 Å². The molecule has 0 bridgehead atoms. The summed E-state index contributed by atoms with van der Waals surface area (Å²) in [4.78, 5) is 26.5.